The standard InChI is InChI=1S/C26H24FNO4/c1-32-24(31)15-20(30)14-19(29)12-13-22-25(16-8-10-18(27)11-9-16)21-4-2-3-5-23(21)28-26(22)17-6-7-17/h2-5,8-13,17,20,30H,6-7,14-15H2,1H3/b13-12+. The summed E-state index contributed by atoms with van der Waals surface area (Å²) in [5.74, 6) is -0.871. The summed E-state index contributed by atoms with van der Waals surface area (Å²) in [7, 11) is 1.24. The largest absolute Gasteiger partial charge is 0.469 e. The van der Waals surface area contributed by atoms with Crippen molar-refractivity contribution in [3.8, 4) is 11.1 Å². The summed E-state index contributed by atoms with van der Waals surface area (Å²) in [6.07, 6.45) is 3.69. The van der Waals surface area contributed by atoms with E-state index in [1.54, 1.807) is 18.2 Å². The zero-order valence-corrected chi connectivity index (χ0v) is 17.8. The lowest BCUT2D eigenvalue weighted by Crippen LogP contribution is -2.17. The van der Waals surface area contributed by atoms with Crippen LogP contribution in [0.4, 0.5) is 4.39 Å². The lowest BCUT2D eigenvalue weighted by Gasteiger charge is -2.15. The van der Waals surface area contributed by atoms with Crippen LogP contribution in [-0.4, -0.2) is 35.1 Å². The number of hydrogen-bond acceptors (Lipinski definition) is 5. The second-order valence-electron chi connectivity index (χ2n) is 8.02. The number of para-hydroxylation sites is 1. The Balaban J connectivity index is 1.75. The van der Waals surface area contributed by atoms with E-state index in [4.69, 9.17) is 4.98 Å². The maximum Gasteiger partial charge on any atom is 0.308 e. The van der Waals surface area contributed by atoms with Crippen LogP contribution < -0.4 is 0 Å². The van der Waals surface area contributed by atoms with Crippen molar-refractivity contribution in [2.45, 2.75) is 37.7 Å². The van der Waals surface area contributed by atoms with Gasteiger partial charge >= 0.3 is 5.97 Å². The molecule has 32 heavy (non-hydrogen) atoms. The number of ether oxygens (including phenoxy) is 1. The van der Waals surface area contributed by atoms with Crippen LogP contribution in [0.15, 0.2) is 54.6 Å². The van der Waals surface area contributed by atoms with Gasteiger partial charge in [-0.1, -0.05) is 30.3 Å². The molecule has 1 heterocycles. The second kappa shape index (κ2) is 9.40. The number of allylic oxidation sites excluding steroid dienone is 1. The van der Waals surface area contributed by atoms with Gasteiger partial charge in [-0.25, -0.2) is 4.39 Å². The van der Waals surface area contributed by atoms with Crippen LogP contribution in [0.2, 0.25) is 0 Å². The number of halogens is 1. The number of benzene rings is 2. The number of carbonyl (C=O) groups is 2. The molecule has 3 aromatic rings. The number of fused-ring (bicyclic) bond motifs is 1. The van der Waals surface area contributed by atoms with E-state index in [9.17, 15) is 19.1 Å². The fourth-order valence-corrected chi connectivity index (χ4v) is 3.83. The van der Waals surface area contributed by atoms with Gasteiger partial charge in [-0.05, 0) is 48.8 Å². The fraction of sp³-hybridized carbons (Fsp3) is 0.269. The number of aromatic nitrogens is 1. The van der Waals surface area contributed by atoms with E-state index in [0.29, 0.717) is 5.92 Å². The molecule has 1 atom stereocenters. The van der Waals surface area contributed by atoms with Gasteiger partial charge in [0.05, 0.1) is 30.8 Å². The first kappa shape index (κ1) is 21.8. The highest BCUT2D eigenvalue weighted by Crippen LogP contribution is 2.45. The van der Waals surface area contributed by atoms with Crippen molar-refractivity contribution in [3.63, 3.8) is 0 Å². The highest BCUT2D eigenvalue weighted by atomic mass is 19.1. The number of esters is 1. The number of rotatable bonds is 8. The van der Waals surface area contributed by atoms with Crippen LogP contribution in [0, 0.1) is 5.82 Å². The van der Waals surface area contributed by atoms with E-state index in [1.165, 1.54) is 25.3 Å². The first-order chi connectivity index (χ1) is 15.5. The van der Waals surface area contributed by atoms with Gasteiger partial charge in [0.2, 0.25) is 0 Å². The van der Waals surface area contributed by atoms with Gasteiger partial charge < -0.3 is 9.84 Å². The molecule has 0 spiro atoms. The van der Waals surface area contributed by atoms with Crippen molar-refractivity contribution in [2.24, 2.45) is 0 Å². The highest BCUT2D eigenvalue weighted by Gasteiger charge is 2.29. The molecule has 164 valence electrons. The molecule has 2 aromatic carbocycles. The molecule has 5 nitrogen and oxygen atoms in total. The van der Waals surface area contributed by atoms with Crippen molar-refractivity contribution < 1.29 is 23.8 Å². The quantitative estimate of drug-likeness (QED) is 0.407. The molecule has 1 N–H and O–H groups in total. The fourth-order valence-electron chi connectivity index (χ4n) is 3.83. The van der Waals surface area contributed by atoms with E-state index in [1.807, 2.05) is 24.3 Å². The molecule has 4 rings (SSSR count). The first-order valence-electron chi connectivity index (χ1n) is 10.6. The van der Waals surface area contributed by atoms with Crippen LogP contribution >= 0.6 is 0 Å². The van der Waals surface area contributed by atoms with Crippen molar-refractivity contribution in [3.05, 3.63) is 71.7 Å². The van der Waals surface area contributed by atoms with Crippen molar-refractivity contribution >= 4 is 28.7 Å². The minimum absolute atomic E-state index is 0.183. The molecule has 0 aliphatic heterocycles. The SMILES string of the molecule is COC(=O)CC(O)CC(=O)/C=C/c1c(C2CC2)nc2ccccc2c1-c1ccc(F)cc1. The molecule has 6 heteroatoms. The van der Waals surface area contributed by atoms with Gasteiger partial charge in [-0.15, -0.1) is 0 Å². The number of aliphatic hydroxyl groups excluding tert-OH is 1. The third-order valence-corrected chi connectivity index (χ3v) is 5.56. The molecule has 0 radical (unpaired) electrons. The van der Waals surface area contributed by atoms with Gasteiger partial charge in [0.1, 0.15) is 5.82 Å². The Morgan fingerprint density at radius 1 is 1.16 bits per heavy atom. The Hall–Kier alpha value is -3.38. The molecule has 0 amide bonds. The Kier molecular flexibility index (Phi) is 6.42. The predicted octanol–water partition coefficient (Wildman–Crippen LogP) is 4.81. The minimum atomic E-state index is -1.10. The molecule has 1 aromatic heterocycles. The lowest BCUT2D eigenvalue weighted by molar-refractivity contribution is -0.143. The number of ketones is 1. The molecule has 0 bridgehead atoms. The molecule has 1 unspecified atom stereocenters. The summed E-state index contributed by atoms with van der Waals surface area (Å²) in [6, 6.07) is 14.1. The zero-order valence-electron chi connectivity index (χ0n) is 17.8. The smallest absolute Gasteiger partial charge is 0.308 e. The second-order valence-corrected chi connectivity index (χ2v) is 8.02. The van der Waals surface area contributed by atoms with Crippen LogP contribution in [0.5, 0.6) is 0 Å². The van der Waals surface area contributed by atoms with E-state index in [2.05, 4.69) is 4.74 Å². The molecule has 1 saturated carbocycles. The van der Waals surface area contributed by atoms with Gasteiger partial charge in [0.15, 0.2) is 5.78 Å². The molecule has 1 fully saturated rings. The van der Waals surface area contributed by atoms with Crippen LogP contribution in [-0.2, 0) is 14.3 Å². The van der Waals surface area contributed by atoms with E-state index >= 15 is 0 Å². The van der Waals surface area contributed by atoms with Crippen LogP contribution in [0.3, 0.4) is 0 Å². The number of aliphatic hydroxyl groups is 1. The zero-order chi connectivity index (χ0) is 22.7. The summed E-state index contributed by atoms with van der Waals surface area (Å²) in [5.41, 5.74) is 4.34. The van der Waals surface area contributed by atoms with Crippen molar-refractivity contribution in [1.82, 2.24) is 4.98 Å². The van der Waals surface area contributed by atoms with E-state index < -0.39 is 12.1 Å². The van der Waals surface area contributed by atoms with Crippen molar-refractivity contribution in [2.75, 3.05) is 7.11 Å². The average molecular weight is 433 g/mol. The molecule has 1 aliphatic carbocycles. The van der Waals surface area contributed by atoms with Gasteiger partial charge in [0, 0.05) is 28.9 Å². The Morgan fingerprint density at radius 2 is 1.88 bits per heavy atom. The minimum Gasteiger partial charge on any atom is -0.469 e. The summed E-state index contributed by atoms with van der Waals surface area (Å²) in [5, 5.41) is 10.9. The lowest BCUT2D eigenvalue weighted by atomic mass is 9.92. The number of pyridine rings is 1. The van der Waals surface area contributed by atoms with Crippen LogP contribution in [0.1, 0.15) is 42.9 Å². The Labute approximate surface area is 185 Å². The number of carbonyl (C=O) groups excluding carboxylic acids is 2. The molecular formula is C26H24FNO4. The molecule has 0 saturated heterocycles. The van der Waals surface area contributed by atoms with Crippen LogP contribution in [0.25, 0.3) is 28.1 Å². The predicted molar refractivity (Wildman–Crippen MR) is 120 cm³/mol. The van der Waals surface area contributed by atoms with E-state index in [-0.39, 0.29) is 24.4 Å². The third-order valence-electron chi connectivity index (χ3n) is 5.56. The summed E-state index contributed by atoms with van der Waals surface area (Å²) < 4.78 is 18.1. The number of nitrogens with zero attached hydrogens (tertiary/aromatic N) is 1. The average Bonchev–Trinajstić information content (AvgIpc) is 3.62. The number of hydrogen-bond donors (Lipinski definition) is 1. The normalized spacial score (nSPS) is 14.6. The first-order valence-corrected chi connectivity index (χ1v) is 10.6. The topological polar surface area (TPSA) is 76.5 Å². The van der Waals surface area contributed by atoms with Crippen molar-refractivity contribution in [1.29, 1.82) is 0 Å². The van der Waals surface area contributed by atoms with Gasteiger partial charge in [-0.2, -0.15) is 0 Å². The third kappa shape index (κ3) is 4.92. The summed E-state index contributed by atoms with van der Waals surface area (Å²) in [4.78, 5) is 28.7. The highest BCUT2D eigenvalue weighted by molar-refractivity contribution is 6.02. The monoisotopic (exact) mass is 433 g/mol. The van der Waals surface area contributed by atoms with E-state index in [0.717, 1.165) is 46.1 Å². The molecule has 1 aliphatic rings. The van der Waals surface area contributed by atoms with Gasteiger partial charge in [0.25, 0.3) is 0 Å². The van der Waals surface area contributed by atoms with Gasteiger partial charge in [-0.3, -0.25) is 14.6 Å². The summed E-state index contributed by atoms with van der Waals surface area (Å²) in [6.45, 7) is 0. The molecular weight excluding hydrogens is 409 g/mol. The number of methoxy groups -OCH3 is 1. The maximum atomic E-state index is 13.6. The Bertz CT molecular complexity index is 1180. The summed E-state index contributed by atoms with van der Waals surface area (Å²) >= 11 is 0. The maximum absolute atomic E-state index is 13.6. The Morgan fingerprint density at radius 3 is 2.56 bits per heavy atom.